The monoisotopic (exact) mass is 555 g/mol. The van der Waals surface area contributed by atoms with Gasteiger partial charge in [0.15, 0.2) is 0 Å². The minimum Gasteiger partial charge on any atom is -0.507 e. The molecule has 0 bridgehead atoms. The van der Waals surface area contributed by atoms with Crippen LogP contribution in [0.25, 0.3) is 5.76 Å². The van der Waals surface area contributed by atoms with Crippen molar-refractivity contribution in [2.45, 2.75) is 78.4 Å². The average Bonchev–Trinajstić information content (AvgIpc) is 3.20. The van der Waals surface area contributed by atoms with Gasteiger partial charge in [0.1, 0.15) is 17.3 Å². The van der Waals surface area contributed by atoms with Crippen LogP contribution < -0.4 is 14.4 Å². The van der Waals surface area contributed by atoms with Crippen molar-refractivity contribution >= 4 is 23.1 Å². The van der Waals surface area contributed by atoms with Crippen molar-refractivity contribution in [3.8, 4) is 11.5 Å². The summed E-state index contributed by atoms with van der Waals surface area (Å²) >= 11 is 0. The number of ether oxygens (including phenoxy) is 2. The van der Waals surface area contributed by atoms with Crippen LogP contribution in [0.5, 0.6) is 11.5 Å². The van der Waals surface area contributed by atoms with Gasteiger partial charge >= 0.3 is 0 Å². The lowest BCUT2D eigenvalue weighted by molar-refractivity contribution is -0.132. The van der Waals surface area contributed by atoms with E-state index >= 15 is 0 Å². The first-order chi connectivity index (χ1) is 19.5. The molecule has 1 saturated heterocycles. The van der Waals surface area contributed by atoms with Gasteiger partial charge in [-0.1, -0.05) is 64.8 Å². The molecule has 41 heavy (non-hydrogen) atoms. The molecule has 6 nitrogen and oxygen atoms in total. The number of unbranched alkanes of at least 4 members (excludes halogenated alkanes) is 2. The van der Waals surface area contributed by atoms with E-state index in [0.717, 1.165) is 24.8 Å². The fourth-order valence-electron chi connectivity index (χ4n) is 4.94. The quantitative estimate of drug-likeness (QED) is 0.119. The number of aliphatic hydroxyl groups excluding tert-OH is 1. The standard InChI is InChI=1S/C35H41NO5/c1-7-8-9-22-40-28-18-12-25(13-19-28)32(37)30-31(24-10-20-29(21-11-24)41-23(2)3)36(34(39)33(30)38)27-16-14-26(15-17-27)35(4,5)6/h10-21,23,31,37H,7-9,22H2,1-6H3/b32-30+. The molecule has 1 fully saturated rings. The maximum absolute atomic E-state index is 13.5. The molecule has 4 rings (SSSR count). The highest BCUT2D eigenvalue weighted by Gasteiger charge is 2.47. The molecule has 0 radical (unpaired) electrons. The number of nitrogens with zero attached hydrogens (tertiary/aromatic N) is 1. The summed E-state index contributed by atoms with van der Waals surface area (Å²) in [4.78, 5) is 28.6. The lowest BCUT2D eigenvalue weighted by Gasteiger charge is -2.27. The Hall–Kier alpha value is -4.06. The zero-order valence-corrected chi connectivity index (χ0v) is 24.9. The van der Waals surface area contributed by atoms with Crippen LogP contribution in [0.15, 0.2) is 78.4 Å². The number of carbonyl (C=O) groups excluding carboxylic acids is 2. The van der Waals surface area contributed by atoms with E-state index in [4.69, 9.17) is 9.47 Å². The molecule has 1 amide bonds. The van der Waals surface area contributed by atoms with Gasteiger partial charge in [0, 0.05) is 11.3 Å². The van der Waals surface area contributed by atoms with Crippen molar-refractivity contribution in [2.24, 2.45) is 0 Å². The predicted molar refractivity (Wildman–Crippen MR) is 164 cm³/mol. The van der Waals surface area contributed by atoms with Crippen LogP contribution in [0.2, 0.25) is 0 Å². The van der Waals surface area contributed by atoms with Crippen molar-refractivity contribution in [3.63, 3.8) is 0 Å². The number of anilines is 1. The zero-order valence-electron chi connectivity index (χ0n) is 24.9. The molecular formula is C35H41NO5. The van der Waals surface area contributed by atoms with Gasteiger partial charge in [-0.05, 0) is 85.3 Å². The van der Waals surface area contributed by atoms with Crippen LogP contribution in [0.3, 0.4) is 0 Å². The fourth-order valence-corrected chi connectivity index (χ4v) is 4.94. The first-order valence-corrected chi connectivity index (χ1v) is 14.4. The summed E-state index contributed by atoms with van der Waals surface area (Å²) in [6.07, 6.45) is 3.19. The molecule has 1 aliphatic heterocycles. The summed E-state index contributed by atoms with van der Waals surface area (Å²) in [5, 5.41) is 11.5. The average molecular weight is 556 g/mol. The first kappa shape index (κ1) is 29.9. The van der Waals surface area contributed by atoms with E-state index in [2.05, 4.69) is 27.7 Å². The number of hydrogen-bond acceptors (Lipinski definition) is 5. The summed E-state index contributed by atoms with van der Waals surface area (Å²) in [5.74, 6) is -0.255. The van der Waals surface area contributed by atoms with Gasteiger partial charge in [0.2, 0.25) is 0 Å². The number of carbonyl (C=O) groups is 2. The minimum atomic E-state index is -0.812. The Morgan fingerprint density at radius 1 is 0.878 bits per heavy atom. The molecule has 1 atom stereocenters. The Bertz CT molecular complexity index is 1380. The third-order valence-corrected chi connectivity index (χ3v) is 7.17. The van der Waals surface area contributed by atoms with Crippen LogP contribution >= 0.6 is 0 Å². The SMILES string of the molecule is CCCCCOc1ccc(/C(O)=C2\C(=O)C(=O)N(c3ccc(C(C)(C)C)cc3)C2c2ccc(OC(C)C)cc2)cc1. The molecule has 3 aromatic rings. The molecule has 1 unspecified atom stereocenters. The molecule has 1 heterocycles. The number of benzene rings is 3. The van der Waals surface area contributed by atoms with Crippen LogP contribution in [0.1, 0.15) is 83.5 Å². The molecule has 1 N–H and O–H groups in total. The van der Waals surface area contributed by atoms with E-state index in [1.54, 1.807) is 24.3 Å². The number of aliphatic hydroxyl groups is 1. The van der Waals surface area contributed by atoms with Gasteiger partial charge in [-0.25, -0.2) is 0 Å². The Morgan fingerprint density at radius 2 is 1.49 bits per heavy atom. The van der Waals surface area contributed by atoms with E-state index in [-0.39, 0.29) is 22.9 Å². The van der Waals surface area contributed by atoms with Crippen molar-refractivity contribution in [1.82, 2.24) is 0 Å². The van der Waals surface area contributed by atoms with E-state index in [1.165, 1.54) is 4.90 Å². The molecule has 0 saturated carbocycles. The zero-order chi connectivity index (χ0) is 29.7. The molecular weight excluding hydrogens is 514 g/mol. The van der Waals surface area contributed by atoms with Gasteiger partial charge in [0.25, 0.3) is 11.7 Å². The third-order valence-electron chi connectivity index (χ3n) is 7.17. The summed E-state index contributed by atoms with van der Waals surface area (Å²) in [6, 6.07) is 21.2. The maximum Gasteiger partial charge on any atom is 0.300 e. The Labute approximate surface area is 243 Å². The molecule has 0 spiro atoms. The van der Waals surface area contributed by atoms with E-state index < -0.39 is 17.7 Å². The maximum atomic E-state index is 13.5. The molecule has 6 heteroatoms. The largest absolute Gasteiger partial charge is 0.507 e. The van der Waals surface area contributed by atoms with E-state index in [9.17, 15) is 14.7 Å². The normalized spacial score (nSPS) is 16.9. The predicted octanol–water partition coefficient (Wildman–Crippen LogP) is 7.97. The Morgan fingerprint density at radius 3 is 2.05 bits per heavy atom. The highest BCUT2D eigenvalue weighted by Crippen LogP contribution is 2.43. The molecule has 0 aromatic heterocycles. The number of rotatable bonds is 10. The lowest BCUT2D eigenvalue weighted by atomic mass is 9.87. The minimum absolute atomic E-state index is 0.00594. The molecule has 216 valence electrons. The van der Waals surface area contributed by atoms with Crippen molar-refractivity contribution in [2.75, 3.05) is 11.5 Å². The highest BCUT2D eigenvalue weighted by molar-refractivity contribution is 6.51. The number of amides is 1. The van der Waals surface area contributed by atoms with Gasteiger partial charge in [0.05, 0.1) is 24.3 Å². The number of hydrogen-bond donors (Lipinski definition) is 1. The summed E-state index contributed by atoms with van der Waals surface area (Å²) in [5.41, 5.74) is 2.81. The van der Waals surface area contributed by atoms with Crippen molar-refractivity contribution in [3.05, 3.63) is 95.1 Å². The second-order valence-electron chi connectivity index (χ2n) is 11.8. The Balaban J connectivity index is 1.76. The second-order valence-corrected chi connectivity index (χ2v) is 11.8. The molecule has 0 aliphatic carbocycles. The third kappa shape index (κ3) is 6.82. The van der Waals surface area contributed by atoms with E-state index in [1.807, 2.05) is 62.4 Å². The number of ketones is 1. The molecule has 1 aliphatic rings. The van der Waals surface area contributed by atoms with Gasteiger partial charge < -0.3 is 14.6 Å². The summed E-state index contributed by atoms with van der Waals surface area (Å²) < 4.78 is 11.6. The van der Waals surface area contributed by atoms with Crippen LogP contribution in [-0.2, 0) is 15.0 Å². The first-order valence-electron chi connectivity index (χ1n) is 14.4. The smallest absolute Gasteiger partial charge is 0.300 e. The highest BCUT2D eigenvalue weighted by atomic mass is 16.5. The van der Waals surface area contributed by atoms with Gasteiger partial charge in [-0.2, -0.15) is 0 Å². The van der Waals surface area contributed by atoms with Crippen LogP contribution in [0, 0.1) is 0 Å². The fraction of sp³-hybridized carbons (Fsp3) is 0.371. The van der Waals surface area contributed by atoms with Crippen LogP contribution in [-0.4, -0.2) is 29.5 Å². The Kier molecular flexibility index (Phi) is 9.21. The van der Waals surface area contributed by atoms with Gasteiger partial charge in [-0.15, -0.1) is 0 Å². The summed E-state index contributed by atoms with van der Waals surface area (Å²) in [7, 11) is 0. The number of Topliss-reactive ketones (excluding diaryl/α,β-unsaturated/α-hetero) is 1. The van der Waals surface area contributed by atoms with E-state index in [0.29, 0.717) is 34.9 Å². The summed E-state index contributed by atoms with van der Waals surface area (Å²) in [6.45, 7) is 13.0. The van der Waals surface area contributed by atoms with Gasteiger partial charge in [-0.3, -0.25) is 14.5 Å². The second kappa shape index (κ2) is 12.6. The lowest BCUT2D eigenvalue weighted by Crippen LogP contribution is -2.29. The molecule has 3 aromatic carbocycles. The van der Waals surface area contributed by atoms with Crippen molar-refractivity contribution in [1.29, 1.82) is 0 Å². The topological polar surface area (TPSA) is 76.1 Å². The van der Waals surface area contributed by atoms with Crippen molar-refractivity contribution < 1.29 is 24.2 Å². The van der Waals surface area contributed by atoms with Crippen LogP contribution in [0.4, 0.5) is 5.69 Å².